The van der Waals surface area contributed by atoms with Gasteiger partial charge in [-0.15, -0.1) is 34.9 Å². The van der Waals surface area contributed by atoms with Crippen molar-refractivity contribution < 1.29 is 9.53 Å². The highest BCUT2D eigenvalue weighted by Gasteiger charge is 2.18. The second-order valence-corrected chi connectivity index (χ2v) is 8.07. The highest BCUT2D eigenvalue weighted by molar-refractivity contribution is 8.19. The molecule has 2 aromatic rings. The van der Waals surface area contributed by atoms with Crippen LogP contribution in [-0.2, 0) is 0 Å². The summed E-state index contributed by atoms with van der Waals surface area (Å²) < 4.78 is 5.84. The first-order valence-electron chi connectivity index (χ1n) is 6.20. The van der Waals surface area contributed by atoms with Crippen LogP contribution in [0.3, 0.4) is 0 Å². The number of hydrogen-bond donors (Lipinski definition) is 0. The number of esters is 1. The van der Waals surface area contributed by atoms with E-state index >= 15 is 0 Å². The zero-order valence-corrected chi connectivity index (χ0v) is 13.3. The molecule has 6 heteroatoms. The van der Waals surface area contributed by atoms with Gasteiger partial charge in [-0.2, -0.15) is 0 Å². The average Bonchev–Trinajstić information content (AvgIpc) is 3.10. The van der Waals surface area contributed by atoms with Gasteiger partial charge in [0.1, 0.15) is 5.75 Å². The van der Waals surface area contributed by atoms with E-state index in [1.807, 2.05) is 54.7 Å². The number of carbonyl (C=O) groups excluding carboxylic acids is 1. The maximum Gasteiger partial charge on any atom is 0.363 e. The zero-order valence-electron chi connectivity index (χ0n) is 10.9. The van der Waals surface area contributed by atoms with Gasteiger partial charge in [-0.1, -0.05) is 12.1 Å². The SMILES string of the molecule is Cc1nc(C(=O)Oc2ccc(C3SCCS3)cc2)cs1. The van der Waals surface area contributed by atoms with Gasteiger partial charge in [0.25, 0.3) is 0 Å². The van der Waals surface area contributed by atoms with Crippen molar-refractivity contribution in [2.24, 2.45) is 0 Å². The summed E-state index contributed by atoms with van der Waals surface area (Å²) >= 11 is 5.37. The van der Waals surface area contributed by atoms with Gasteiger partial charge in [0.05, 0.1) is 9.59 Å². The van der Waals surface area contributed by atoms with E-state index in [-0.39, 0.29) is 0 Å². The summed E-state index contributed by atoms with van der Waals surface area (Å²) in [6.07, 6.45) is 0. The van der Waals surface area contributed by atoms with Crippen LogP contribution in [0, 0.1) is 6.92 Å². The molecule has 1 fully saturated rings. The van der Waals surface area contributed by atoms with Gasteiger partial charge in [-0.05, 0) is 24.6 Å². The van der Waals surface area contributed by atoms with Crippen molar-refractivity contribution in [2.45, 2.75) is 11.5 Å². The fourth-order valence-electron chi connectivity index (χ4n) is 1.86. The molecule has 2 heterocycles. The van der Waals surface area contributed by atoms with Crippen LogP contribution < -0.4 is 4.74 Å². The third-order valence-corrected chi connectivity index (χ3v) is 6.69. The maximum atomic E-state index is 11.9. The molecule has 0 radical (unpaired) electrons. The Hall–Kier alpha value is -0.980. The molecule has 0 bridgehead atoms. The number of ether oxygens (including phenoxy) is 1. The molecule has 0 unspecified atom stereocenters. The van der Waals surface area contributed by atoms with Crippen molar-refractivity contribution in [3.05, 3.63) is 45.9 Å². The topological polar surface area (TPSA) is 39.2 Å². The van der Waals surface area contributed by atoms with E-state index in [2.05, 4.69) is 4.98 Å². The van der Waals surface area contributed by atoms with E-state index < -0.39 is 5.97 Å². The quantitative estimate of drug-likeness (QED) is 0.627. The third-order valence-electron chi connectivity index (χ3n) is 2.81. The number of aryl methyl sites for hydroxylation is 1. The number of carbonyl (C=O) groups is 1. The molecule has 1 aromatic heterocycles. The van der Waals surface area contributed by atoms with E-state index in [4.69, 9.17) is 4.74 Å². The van der Waals surface area contributed by atoms with Crippen molar-refractivity contribution in [3.8, 4) is 5.75 Å². The Kier molecular flexibility index (Phi) is 4.33. The van der Waals surface area contributed by atoms with Gasteiger partial charge < -0.3 is 4.74 Å². The first-order chi connectivity index (χ1) is 9.72. The minimum Gasteiger partial charge on any atom is -0.422 e. The summed E-state index contributed by atoms with van der Waals surface area (Å²) in [5.74, 6) is 2.58. The second-order valence-electron chi connectivity index (χ2n) is 4.28. The summed E-state index contributed by atoms with van der Waals surface area (Å²) in [5.41, 5.74) is 1.65. The molecule has 1 aromatic carbocycles. The van der Waals surface area contributed by atoms with Crippen molar-refractivity contribution in [3.63, 3.8) is 0 Å². The highest BCUT2D eigenvalue weighted by atomic mass is 32.2. The van der Waals surface area contributed by atoms with E-state index in [9.17, 15) is 4.79 Å². The van der Waals surface area contributed by atoms with Crippen LogP contribution in [0.5, 0.6) is 5.75 Å². The monoisotopic (exact) mass is 323 g/mol. The largest absolute Gasteiger partial charge is 0.422 e. The van der Waals surface area contributed by atoms with Gasteiger partial charge in [0.2, 0.25) is 0 Å². The number of aromatic nitrogens is 1. The molecule has 0 aliphatic carbocycles. The van der Waals surface area contributed by atoms with Crippen LogP contribution in [0.1, 0.15) is 25.6 Å². The Labute approximate surface area is 130 Å². The summed E-state index contributed by atoms with van der Waals surface area (Å²) in [7, 11) is 0. The van der Waals surface area contributed by atoms with Gasteiger partial charge >= 0.3 is 5.97 Å². The molecule has 20 heavy (non-hydrogen) atoms. The van der Waals surface area contributed by atoms with Gasteiger partial charge in [-0.25, -0.2) is 9.78 Å². The Morgan fingerprint density at radius 2 is 1.95 bits per heavy atom. The number of nitrogens with zero attached hydrogens (tertiary/aromatic N) is 1. The van der Waals surface area contributed by atoms with Crippen molar-refractivity contribution in [2.75, 3.05) is 11.5 Å². The molecular weight excluding hydrogens is 310 g/mol. The van der Waals surface area contributed by atoms with Crippen LogP contribution in [-0.4, -0.2) is 22.5 Å². The van der Waals surface area contributed by atoms with Crippen LogP contribution in [0.25, 0.3) is 0 Å². The number of thiazole rings is 1. The smallest absolute Gasteiger partial charge is 0.363 e. The number of thioether (sulfide) groups is 2. The van der Waals surface area contributed by atoms with Crippen LogP contribution >= 0.6 is 34.9 Å². The van der Waals surface area contributed by atoms with E-state index in [0.717, 1.165) is 5.01 Å². The average molecular weight is 323 g/mol. The van der Waals surface area contributed by atoms with Gasteiger partial charge in [-0.3, -0.25) is 0 Å². The van der Waals surface area contributed by atoms with Crippen LogP contribution in [0.2, 0.25) is 0 Å². The molecule has 0 N–H and O–H groups in total. The van der Waals surface area contributed by atoms with Crippen molar-refractivity contribution in [1.29, 1.82) is 0 Å². The molecule has 3 rings (SSSR count). The third kappa shape index (κ3) is 3.19. The zero-order chi connectivity index (χ0) is 13.9. The van der Waals surface area contributed by atoms with Crippen LogP contribution in [0.15, 0.2) is 29.6 Å². The molecule has 0 saturated carbocycles. The van der Waals surface area contributed by atoms with E-state index in [0.29, 0.717) is 16.0 Å². The Bertz CT molecular complexity index is 603. The first kappa shape index (κ1) is 14.0. The molecule has 1 saturated heterocycles. The molecule has 0 spiro atoms. The predicted octanol–water partition coefficient (Wildman–Crippen LogP) is 4.15. The second kappa shape index (κ2) is 6.20. The summed E-state index contributed by atoms with van der Waals surface area (Å²) in [6, 6.07) is 7.77. The minimum atomic E-state index is -0.397. The number of benzene rings is 1. The predicted molar refractivity (Wildman–Crippen MR) is 85.9 cm³/mol. The summed E-state index contributed by atoms with van der Waals surface area (Å²) in [6.45, 7) is 1.87. The Balaban J connectivity index is 1.67. The lowest BCUT2D eigenvalue weighted by Gasteiger charge is -2.09. The molecule has 0 atom stereocenters. The Morgan fingerprint density at radius 3 is 2.55 bits per heavy atom. The lowest BCUT2D eigenvalue weighted by molar-refractivity contribution is 0.0729. The molecular formula is C14H13NO2S3. The highest BCUT2D eigenvalue weighted by Crippen LogP contribution is 2.45. The van der Waals surface area contributed by atoms with E-state index in [1.165, 1.54) is 28.4 Å². The Morgan fingerprint density at radius 1 is 1.25 bits per heavy atom. The summed E-state index contributed by atoms with van der Waals surface area (Å²) in [4.78, 5) is 16.0. The molecule has 3 nitrogen and oxygen atoms in total. The molecule has 1 aliphatic heterocycles. The molecule has 1 aliphatic rings. The van der Waals surface area contributed by atoms with Crippen LogP contribution in [0.4, 0.5) is 0 Å². The standard InChI is InChI=1S/C14H13NO2S3/c1-9-15-12(8-20-9)13(16)17-11-4-2-10(3-5-11)14-18-6-7-19-14/h2-5,8,14H,6-7H2,1H3. The van der Waals surface area contributed by atoms with Crippen molar-refractivity contribution >= 4 is 40.8 Å². The number of rotatable bonds is 3. The normalized spacial score (nSPS) is 15.4. The van der Waals surface area contributed by atoms with Gasteiger partial charge in [0.15, 0.2) is 5.69 Å². The number of hydrogen-bond acceptors (Lipinski definition) is 6. The fourth-order valence-corrected chi connectivity index (χ4v) is 5.30. The lowest BCUT2D eigenvalue weighted by Crippen LogP contribution is -2.08. The fraction of sp³-hybridized carbons (Fsp3) is 0.286. The lowest BCUT2D eigenvalue weighted by atomic mass is 10.2. The van der Waals surface area contributed by atoms with Gasteiger partial charge in [0, 0.05) is 16.9 Å². The summed E-state index contributed by atoms with van der Waals surface area (Å²) in [5, 5.41) is 2.58. The maximum absolute atomic E-state index is 11.9. The first-order valence-corrected chi connectivity index (χ1v) is 9.17. The minimum absolute atomic E-state index is 0.374. The van der Waals surface area contributed by atoms with Crippen molar-refractivity contribution in [1.82, 2.24) is 4.98 Å². The molecule has 0 amide bonds. The molecule has 104 valence electrons. The van der Waals surface area contributed by atoms with E-state index in [1.54, 1.807) is 5.38 Å².